The van der Waals surface area contributed by atoms with Crippen molar-refractivity contribution in [3.8, 4) is 5.75 Å². The predicted molar refractivity (Wildman–Crippen MR) is 47.7 cm³/mol. The smallest absolute Gasteiger partial charge is 0.229 e. The quantitative estimate of drug-likeness (QED) is 0.660. The van der Waals surface area contributed by atoms with Crippen LogP contribution in [0.1, 0.15) is 11.7 Å². The number of carbonyl (C=O) groups is 1. The highest BCUT2D eigenvalue weighted by Crippen LogP contribution is 2.17. The van der Waals surface area contributed by atoms with Gasteiger partial charge in [0.05, 0.1) is 6.20 Å². The van der Waals surface area contributed by atoms with Crippen molar-refractivity contribution in [3.05, 3.63) is 24.5 Å². The molecule has 0 atom stereocenters. The van der Waals surface area contributed by atoms with E-state index in [9.17, 15) is 4.79 Å². The number of fused-ring (bicyclic) bond motifs is 1. The average molecular weight is 176 g/mol. The zero-order valence-electron chi connectivity index (χ0n) is 7.06. The highest BCUT2D eigenvalue weighted by atomic mass is 16.3. The molecule has 0 aromatic carbocycles. The van der Waals surface area contributed by atoms with Gasteiger partial charge in [-0.1, -0.05) is 0 Å². The van der Waals surface area contributed by atoms with Gasteiger partial charge in [-0.2, -0.15) is 0 Å². The number of rotatable bonds is 0. The molecule has 4 nitrogen and oxygen atoms in total. The molecule has 0 saturated heterocycles. The molecule has 2 aromatic rings. The summed E-state index contributed by atoms with van der Waals surface area (Å²) >= 11 is 0. The van der Waals surface area contributed by atoms with Gasteiger partial charge in [-0.25, -0.2) is 4.98 Å². The molecule has 0 saturated carbocycles. The molecule has 0 aliphatic carbocycles. The van der Waals surface area contributed by atoms with Crippen molar-refractivity contribution in [3.63, 3.8) is 0 Å². The number of nitrogens with zero attached hydrogens (tertiary/aromatic N) is 2. The molecule has 0 fully saturated rings. The van der Waals surface area contributed by atoms with E-state index < -0.39 is 0 Å². The molecule has 13 heavy (non-hydrogen) atoms. The highest BCUT2D eigenvalue weighted by Gasteiger charge is 2.05. The zero-order chi connectivity index (χ0) is 9.42. The monoisotopic (exact) mass is 176 g/mol. The second-order valence-electron chi connectivity index (χ2n) is 2.81. The van der Waals surface area contributed by atoms with Gasteiger partial charge in [0.2, 0.25) is 5.91 Å². The fraction of sp³-hybridized carbons (Fsp3) is 0.111. The number of hydrogen-bond donors (Lipinski definition) is 1. The summed E-state index contributed by atoms with van der Waals surface area (Å²) in [5, 5.41) is 9.88. The van der Waals surface area contributed by atoms with Crippen molar-refractivity contribution in [2.75, 3.05) is 0 Å². The summed E-state index contributed by atoms with van der Waals surface area (Å²) in [6, 6.07) is 3.31. The van der Waals surface area contributed by atoms with Gasteiger partial charge in [-0.15, -0.1) is 0 Å². The molecule has 0 radical (unpaired) electrons. The van der Waals surface area contributed by atoms with E-state index in [0.29, 0.717) is 5.65 Å². The summed E-state index contributed by atoms with van der Waals surface area (Å²) in [5.74, 6) is 0.0157. The minimum atomic E-state index is -0.0896. The van der Waals surface area contributed by atoms with Crippen molar-refractivity contribution in [1.29, 1.82) is 0 Å². The van der Waals surface area contributed by atoms with Gasteiger partial charge in [0.1, 0.15) is 11.4 Å². The number of carbonyl (C=O) groups excluding carboxylic acids is 1. The maximum Gasteiger partial charge on any atom is 0.229 e. The highest BCUT2D eigenvalue weighted by molar-refractivity contribution is 5.89. The Labute approximate surface area is 74.4 Å². The van der Waals surface area contributed by atoms with Crippen LogP contribution in [0.4, 0.5) is 0 Å². The van der Waals surface area contributed by atoms with E-state index in [2.05, 4.69) is 4.98 Å². The van der Waals surface area contributed by atoms with E-state index in [1.165, 1.54) is 17.7 Å². The molecular weight excluding hydrogens is 168 g/mol. The SMILES string of the molecule is CC(=O)n1ccc2cc(O)cnc21. The van der Waals surface area contributed by atoms with Crippen LogP contribution in [-0.4, -0.2) is 20.6 Å². The summed E-state index contributed by atoms with van der Waals surface area (Å²) in [6.45, 7) is 1.47. The fourth-order valence-electron chi connectivity index (χ4n) is 1.27. The molecule has 0 spiro atoms. The molecule has 0 aliphatic heterocycles. The Balaban J connectivity index is 2.76. The Morgan fingerprint density at radius 2 is 2.38 bits per heavy atom. The molecule has 0 unspecified atom stereocenters. The molecule has 2 heterocycles. The topological polar surface area (TPSA) is 55.1 Å². The van der Waals surface area contributed by atoms with Crippen molar-refractivity contribution < 1.29 is 9.90 Å². The number of aromatic nitrogens is 2. The van der Waals surface area contributed by atoms with E-state index in [4.69, 9.17) is 5.11 Å². The Kier molecular flexibility index (Phi) is 1.55. The van der Waals surface area contributed by atoms with Crippen LogP contribution in [0.15, 0.2) is 24.5 Å². The second kappa shape index (κ2) is 2.58. The third-order valence-electron chi connectivity index (χ3n) is 1.85. The van der Waals surface area contributed by atoms with Crippen LogP contribution in [0, 0.1) is 0 Å². The van der Waals surface area contributed by atoms with Crippen LogP contribution in [0.5, 0.6) is 5.75 Å². The molecular formula is C9H8N2O2. The lowest BCUT2D eigenvalue weighted by Gasteiger charge is -1.97. The van der Waals surface area contributed by atoms with E-state index in [1.807, 2.05) is 0 Å². The van der Waals surface area contributed by atoms with Crippen molar-refractivity contribution in [1.82, 2.24) is 9.55 Å². The molecule has 4 heteroatoms. The number of aromatic hydroxyl groups is 1. The first kappa shape index (κ1) is 7.79. The molecule has 0 bridgehead atoms. The second-order valence-corrected chi connectivity index (χ2v) is 2.81. The first-order chi connectivity index (χ1) is 6.18. The largest absolute Gasteiger partial charge is 0.506 e. The van der Waals surface area contributed by atoms with Gasteiger partial charge >= 0.3 is 0 Å². The summed E-state index contributed by atoms with van der Waals surface area (Å²) in [6.07, 6.45) is 2.96. The normalized spacial score (nSPS) is 10.5. The van der Waals surface area contributed by atoms with Gasteiger partial charge in [-0.3, -0.25) is 9.36 Å². The summed E-state index contributed by atoms with van der Waals surface area (Å²) in [5.41, 5.74) is 0.574. The number of pyridine rings is 1. The third-order valence-corrected chi connectivity index (χ3v) is 1.85. The van der Waals surface area contributed by atoms with Gasteiger partial charge in [-0.05, 0) is 12.1 Å². The van der Waals surface area contributed by atoms with Gasteiger partial charge in [0.15, 0.2) is 0 Å². The van der Waals surface area contributed by atoms with Gasteiger partial charge in [0, 0.05) is 18.5 Å². The zero-order valence-corrected chi connectivity index (χ0v) is 7.06. The molecule has 66 valence electrons. The summed E-state index contributed by atoms with van der Waals surface area (Å²) < 4.78 is 1.44. The summed E-state index contributed by atoms with van der Waals surface area (Å²) in [4.78, 5) is 15.0. The predicted octanol–water partition coefficient (Wildman–Crippen LogP) is 1.40. The minimum absolute atomic E-state index is 0.0896. The van der Waals surface area contributed by atoms with E-state index in [1.54, 1.807) is 18.3 Å². The maximum absolute atomic E-state index is 11.1. The van der Waals surface area contributed by atoms with Crippen LogP contribution in [0.3, 0.4) is 0 Å². The van der Waals surface area contributed by atoms with Gasteiger partial charge < -0.3 is 5.11 Å². The lowest BCUT2D eigenvalue weighted by atomic mass is 10.3. The first-order valence-corrected chi connectivity index (χ1v) is 3.85. The number of hydrogen-bond acceptors (Lipinski definition) is 3. The van der Waals surface area contributed by atoms with Crippen LogP contribution >= 0.6 is 0 Å². The van der Waals surface area contributed by atoms with Crippen LogP contribution < -0.4 is 0 Å². The molecule has 2 aromatic heterocycles. The van der Waals surface area contributed by atoms with E-state index >= 15 is 0 Å². The summed E-state index contributed by atoms with van der Waals surface area (Å²) in [7, 11) is 0. The van der Waals surface area contributed by atoms with E-state index in [-0.39, 0.29) is 11.7 Å². The molecule has 0 aliphatic rings. The fourth-order valence-corrected chi connectivity index (χ4v) is 1.27. The molecule has 0 amide bonds. The first-order valence-electron chi connectivity index (χ1n) is 3.85. The Bertz CT molecular complexity index is 473. The van der Waals surface area contributed by atoms with Crippen LogP contribution in [0.2, 0.25) is 0 Å². The molecule has 2 rings (SSSR count). The van der Waals surface area contributed by atoms with Crippen LogP contribution in [0.25, 0.3) is 11.0 Å². The molecule has 1 N–H and O–H groups in total. The Morgan fingerprint density at radius 3 is 3.08 bits per heavy atom. The average Bonchev–Trinajstić information content (AvgIpc) is 2.46. The lowest BCUT2D eigenvalue weighted by molar-refractivity contribution is 0.0941. The third kappa shape index (κ3) is 1.16. The Hall–Kier alpha value is -1.84. The maximum atomic E-state index is 11.1. The Morgan fingerprint density at radius 1 is 1.62 bits per heavy atom. The van der Waals surface area contributed by atoms with Crippen molar-refractivity contribution in [2.45, 2.75) is 6.92 Å². The minimum Gasteiger partial charge on any atom is -0.506 e. The standard InChI is InChI=1S/C9H8N2O2/c1-6(12)11-3-2-7-4-8(13)5-10-9(7)11/h2-5,13H,1H3. The van der Waals surface area contributed by atoms with E-state index in [0.717, 1.165) is 5.39 Å². The lowest BCUT2D eigenvalue weighted by Crippen LogP contribution is -2.03. The van der Waals surface area contributed by atoms with Gasteiger partial charge in [0.25, 0.3) is 0 Å². The van der Waals surface area contributed by atoms with Crippen molar-refractivity contribution in [2.24, 2.45) is 0 Å². The van der Waals surface area contributed by atoms with Crippen LogP contribution in [-0.2, 0) is 0 Å². The van der Waals surface area contributed by atoms with Crippen molar-refractivity contribution >= 4 is 16.9 Å².